The maximum atomic E-state index is 12.7. The van der Waals surface area contributed by atoms with E-state index in [1.54, 1.807) is 31.4 Å². The van der Waals surface area contributed by atoms with Gasteiger partial charge >= 0.3 is 0 Å². The summed E-state index contributed by atoms with van der Waals surface area (Å²) in [5.74, 6) is 0.269. The fourth-order valence-electron chi connectivity index (χ4n) is 2.88. The summed E-state index contributed by atoms with van der Waals surface area (Å²) in [5, 5.41) is 2.75. The summed E-state index contributed by atoms with van der Waals surface area (Å²) in [7, 11) is -2.12. The number of ether oxygens (including phenoxy) is 1. The Morgan fingerprint density at radius 1 is 1.07 bits per heavy atom. The van der Waals surface area contributed by atoms with E-state index in [4.69, 9.17) is 4.74 Å². The van der Waals surface area contributed by atoms with E-state index in [9.17, 15) is 18.0 Å². The van der Waals surface area contributed by atoms with Gasteiger partial charge in [-0.05, 0) is 36.4 Å². The first kappa shape index (κ1) is 19.8. The van der Waals surface area contributed by atoms with Crippen LogP contribution in [0, 0.1) is 0 Å². The zero-order valence-electron chi connectivity index (χ0n) is 15.4. The highest BCUT2D eigenvalue weighted by Gasteiger charge is 2.28. The van der Waals surface area contributed by atoms with Crippen molar-refractivity contribution in [3.63, 3.8) is 0 Å². The summed E-state index contributed by atoms with van der Waals surface area (Å²) in [5.41, 5.74) is 0.918. The van der Waals surface area contributed by atoms with E-state index in [-0.39, 0.29) is 23.9 Å². The number of hydrogen-bond acceptors (Lipinski definition) is 5. The number of methoxy groups -OCH3 is 1. The van der Waals surface area contributed by atoms with Gasteiger partial charge in [-0.25, -0.2) is 8.42 Å². The number of sulfonamides is 1. The normalized spacial score (nSPS) is 15.1. The Hall–Kier alpha value is -2.91. The van der Waals surface area contributed by atoms with E-state index in [1.165, 1.54) is 33.5 Å². The van der Waals surface area contributed by atoms with Crippen LogP contribution in [0.15, 0.2) is 53.4 Å². The fourth-order valence-corrected chi connectivity index (χ4v) is 4.30. The number of rotatable bonds is 6. The molecule has 9 heteroatoms. The van der Waals surface area contributed by atoms with Crippen LogP contribution >= 0.6 is 0 Å². The monoisotopic (exact) mass is 403 g/mol. The molecule has 1 N–H and O–H groups in total. The second-order valence-corrected chi connectivity index (χ2v) is 8.19. The second kappa shape index (κ2) is 8.41. The van der Waals surface area contributed by atoms with Crippen molar-refractivity contribution < 1.29 is 22.7 Å². The summed E-state index contributed by atoms with van der Waals surface area (Å²) in [6.45, 7) is 1.23. The lowest BCUT2D eigenvalue weighted by Gasteiger charge is -2.31. The average Bonchev–Trinajstić information content (AvgIpc) is 2.74. The van der Waals surface area contributed by atoms with Crippen LogP contribution in [0.3, 0.4) is 0 Å². The molecular formula is C19H21N3O5S. The molecule has 2 aromatic rings. The third-order valence-corrected chi connectivity index (χ3v) is 6.42. The van der Waals surface area contributed by atoms with Gasteiger partial charge in [-0.1, -0.05) is 6.07 Å². The van der Waals surface area contributed by atoms with Crippen molar-refractivity contribution in [3.8, 4) is 5.75 Å². The Balaban J connectivity index is 1.70. The van der Waals surface area contributed by atoms with Crippen molar-refractivity contribution in [3.05, 3.63) is 54.1 Å². The number of anilines is 1. The largest absolute Gasteiger partial charge is 0.497 e. The maximum Gasteiger partial charge on any atom is 0.255 e. The zero-order valence-corrected chi connectivity index (χ0v) is 16.2. The quantitative estimate of drug-likeness (QED) is 0.736. The lowest BCUT2D eigenvalue weighted by Crippen LogP contribution is -2.47. The van der Waals surface area contributed by atoms with Crippen molar-refractivity contribution in [1.82, 2.24) is 9.21 Å². The van der Waals surface area contributed by atoms with Crippen molar-refractivity contribution in [2.24, 2.45) is 0 Å². The molecule has 0 atom stereocenters. The van der Waals surface area contributed by atoms with Crippen LogP contribution in [0.4, 0.5) is 5.69 Å². The highest BCUT2D eigenvalue weighted by molar-refractivity contribution is 7.89. The van der Waals surface area contributed by atoms with Gasteiger partial charge in [-0.15, -0.1) is 0 Å². The number of benzene rings is 2. The predicted molar refractivity (Wildman–Crippen MR) is 104 cm³/mol. The minimum atomic E-state index is -3.66. The molecule has 1 heterocycles. The van der Waals surface area contributed by atoms with Crippen molar-refractivity contribution in [2.75, 3.05) is 38.6 Å². The molecule has 0 saturated carbocycles. The van der Waals surface area contributed by atoms with Crippen molar-refractivity contribution in [2.45, 2.75) is 4.90 Å². The predicted octanol–water partition coefficient (Wildman–Crippen LogP) is 1.41. The molecule has 3 rings (SSSR count). The van der Waals surface area contributed by atoms with E-state index in [0.29, 0.717) is 30.1 Å². The van der Waals surface area contributed by atoms with E-state index < -0.39 is 10.0 Å². The van der Waals surface area contributed by atoms with Gasteiger partial charge in [-0.3, -0.25) is 9.59 Å². The van der Waals surface area contributed by atoms with Gasteiger partial charge < -0.3 is 15.0 Å². The molecule has 0 aliphatic carbocycles. The topological polar surface area (TPSA) is 96.0 Å². The summed E-state index contributed by atoms with van der Waals surface area (Å²) < 4.78 is 31.9. The second-order valence-electron chi connectivity index (χ2n) is 6.26. The molecule has 148 valence electrons. The van der Waals surface area contributed by atoms with Crippen LogP contribution in [-0.2, 0) is 14.8 Å². The number of amides is 2. The highest BCUT2D eigenvalue weighted by atomic mass is 32.2. The first-order chi connectivity index (χ1) is 13.4. The molecule has 28 heavy (non-hydrogen) atoms. The number of carbonyl (C=O) groups excluding carboxylic acids is 2. The number of carbonyl (C=O) groups is 2. The molecule has 2 amide bonds. The minimum absolute atomic E-state index is 0.116. The molecule has 1 aliphatic rings. The van der Waals surface area contributed by atoms with Crippen LogP contribution in [0.5, 0.6) is 5.75 Å². The molecular weight excluding hydrogens is 382 g/mol. The lowest BCUT2D eigenvalue weighted by molar-refractivity contribution is -0.119. The molecule has 1 saturated heterocycles. The van der Waals surface area contributed by atoms with Gasteiger partial charge in [0, 0.05) is 43.5 Å². The molecule has 1 aliphatic heterocycles. The summed E-state index contributed by atoms with van der Waals surface area (Å²) in [4.78, 5) is 24.8. The minimum Gasteiger partial charge on any atom is -0.497 e. The van der Waals surface area contributed by atoms with Gasteiger partial charge in [0.15, 0.2) is 0 Å². The first-order valence-electron chi connectivity index (χ1n) is 8.69. The molecule has 0 unspecified atom stereocenters. The van der Waals surface area contributed by atoms with Gasteiger partial charge in [0.2, 0.25) is 16.4 Å². The van der Waals surface area contributed by atoms with Crippen LogP contribution in [-0.4, -0.2) is 63.2 Å². The third-order valence-electron chi connectivity index (χ3n) is 4.50. The average molecular weight is 403 g/mol. The van der Waals surface area contributed by atoms with E-state index in [2.05, 4.69) is 5.32 Å². The van der Waals surface area contributed by atoms with Gasteiger partial charge in [0.05, 0.1) is 12.0 Å². The SMILES string of the molecule is COc1cccc(NC(=O)c2ccc(S(=O)(=O)N3CCN(C=O)CC3)cc2)c1. The third kappa shape index (κ3) is 4.32. The molecule has 8 nitrogen and oxygen atoms in total. The molecule has 0 aromatic heterocycles. The van der Waals surface area contributed by atoms with E-state index >= 15 is 0 Å². The Labute approximate surface area is 163 Å². The fraction of sp³-hybridized carbons (Fsp3) is 0.263. The summed E-state index contributed by atoms with van der Waals surface area (Å²) >= 11 is 0. The standard InChI is InChI=1S/C19H21N3O5S/c1-27-17-4-2-3-16(13-17)20-19(24)15-5-7-18(8-6-15)28(25,26)22-11-9-21(14-23)10-12-22/h2-8,13-14H,9-12H2,1H3,(H,20,24). The molecule has 0 bridgehead atoms. The van der Waals surface area contributed by atoms with Crippen molar-refractivity contribution >= 4 is 28.0 Å². The van der Waals surface area contributed by atoms with Crippen LogP contribution in [0.1, 0.15) is 10.4 Å². The van der Waals surface area contributed by atoms with Crippen LogP contribution in [0.2, 0.25) is 0 Å². The number of hydrogen-bond donors (Lipinski definition) is 1. The Morgan fingerprint density at radius 2 is 1.75 bits per heavy atom. The van der Waals surface area contributed by atoms with Gasteiger partial charge in [0.1, 0.15) is 5.75 Å². The van der Waals surface area contributed by atoms with Crippen LogP contribution in [0.25, 0.3) is 0 Å². The van der Waals surface area contributed by atoms with E-state index in [0.717, 1.165) is 6.41 Å². The van der Waals surface area contributed by atoms with Crippen molar-refractivity contribution in [1.29, 1.82) is 0 Å². The molecule has 1 fully saturated rings. The number of nitrogens with zero attached hydrogens (tertiary/aromatic N) is 2. The number of piperazine rings is 1. The molecule has 0 radical (unpaired) electrons. The maximum absolute atomic E-state index is 12.7. The zero-order chi connectivity index (χ0) is 20.1. The van der Waals surface area contributed by atoms with Gasteiger partial charge in [-0.2, -0.15) is 4.31 Å². The summed E-state index contributed by atoms with van der Waals surface area (Å²) in [6.07, 6.45) is 0.722. The van der Waals surface area contributed by atoms with Crippen LogP contribution < -0.4 is 10.1 Å². The van der Waals surface area contributed by atoms with E-state index in [1.807, 2.05) is 0 Å². The molecule has 0 spiro atoms. The Bertz CT molecular complexity index is 952. The highest BCUT2D eigenvalue weighted by Crippen LogP contribution is 2.20. The first-order valence-corrected chi connectivity index (χ1v) is 10.1. The lowest BCUT2D eigenvalue weighted by atomic mass is 10.2. The smallest absolute Gasteiger partial charge is 0.255 e. The van der Waals surface area contributed by atoms with Gasteiger partial charge in [0.25, 0.3) is 5.91 Å². The summed E-state index contributed by atoms with van der Waals surface area (Å²) in [6, 6.07) is 12.7. The molecule has 2 aromatic carbocycles. The Morgan fingerprint density at radius 3 is 2.36 bits per heavy atom. The Kier molecular flexibility index (Phi) is 5.96. The number of nitrogens with one attached hydrogen (secondary N) is 1.